The summed E-state index contributed by atoms with van der Waals surface area (Å²) >= 11 is 5.82. The van der Waals surface area contributed by atoms with E-state index < -0.39 is 18.0 Å². The summed E-state index contributed by atoms with van der Waals surface area (Å²) in [6.07, 6.45) is 5.72. The molecule has 0 radical (unpaired) electrons. The van der Waals surface area contributed by atoms with Crippen molar-refractivity contribution in [3.63, 3.8) is 0 Å². The summed E-state index contributed by atoms with van der Waals surface area (Å²) in [6.45, 7) is 1.06. The second-order valence-electron chi connectivity index (χ2n) is 11.8. The second kappa shape index (κ2) is 19.8. The number of nitrogens with two attached hydrogens (primary N) is 3. The molecular weight excluding hydrogens is 638 g/mol. The standard InChI is InChI=1S/C31H50ClN13O3/c1-44(2)22(27(46)40-21(29(48)45(3)4)10-6-8-17-38-30(35)36)16-15-20-13-11-19(12-14-20)9-5-7-18-39-31(37)43-28(47)23-25(33)42-26(34)24(32)41-23/h11-14,21-22,47H,5-10,15-18H2,1-4H3,(H,40,46)(H3,33,34,42)(H4,35,36,38)(H3,37,39,43)/b28-23-/t21-,22-/m0/s1. The number of aryl methyl sites for hydroxylation is 2. The molecule has 16 nitrogen and oxygen atoms in total. The van der Waals surface area contributed by atoms with Crippen LogP contribution in [0.3, 0.4) is 0 Å². The Balaban J connectivity index is 1.82. The summed E-state index contributed by atoms with van der Waals surface area (Å²) in [5, 5.41) is 33.7. The normalized spacial score (nSPS) is 15.6. The van der Waals surface area contributed by atoms with Crippen LogP contribution in [-0.4, -0.2) is 109 Å². The summed E-state index contributed by atoms with van der Waals surface area (Å²) in [5.74, 6) is -1.54. The number of amides is 2. The van der Waals surface area contributed by atoms with E-state index in [9.17, 15) is 14.7 Å². The lowest BCUT2D eigenvalue weighted by Crippen LogP contribution is -2.52. The molecule has 2 rings (SSSR count). The van der Waals surface area contributed by atoms with Gasteiger partial charge >= 0.3 is 0 Å². The Kier molecular flexibility index (Phi) is 16.3. The smallest absolute Gasteiger partial charge is 0.244 e. The lowest BCUT2D eigenvalue weighted by Gasteiger charge is -2.27. The highest BCUT2D eigenvalue weighted by atomic mass is 35.5. The van der Waals surface area contributed by atoms with Gasteiger partial charge in [0.15, 0.2) is 34.5 Å². The fourth-order valence-electron chi connectivity index (χ4n) is 4.79. The van der Waals surface area contributed by atoms with Crippen molar-refractivity contribution in [2.24, 2.45) is 32.2 Å². The van der Waals surface area contributed by atoms with Crippen LogP contribution in [0.2, 0.25) is 0 Å². The first-order valence-electron chi connectivity index (χ1n) is 15.7. The lowest BCUT2D eigenvalue weighted by molar-refractivity contribution is -0.136. The first-order valence-corrected chi connectivity index (χ1v) is 16.1. The average Bonchev–Trinajstić information content (AvgIpc) is 3.01. The van der Waals surface area contributed by atoms with Crippen LogP contribution in [0.1, 0.15) is 49.7 Å². The summed E-state index contributed by atoms with van der Waals surface area (Å²) in [5.41, 5.74) is 18.7. The van der Waals surface area contributed by atoms with Crippen molar-refractivity contribution in [1.82, 2.24) is 25.8 Å². The molecule has 12 N–H and O–H groups in total. The van der Waals surface area contributed by atoms with Crippen molar-refractivity contribution < 1.29 is 14.7 Å². The van der Waals surface area contributed by atoms with Gasteiger partial charge in [0.05, 0.1) is 6.04 Å². The van der Waals surface area contributed by atoms with E-state index in [1.54, 1.807) is 14.1 Å². The fourth-order valence-corrected chi connectivity index (χ4v) is 4.92. The zero-order valence-corrected chi connectivity index (χ0v) is 28.9. The predicted molar refractivity (Wildman–Crippen MR) is 191 cm³/mol. The molecule has 2 amide bonds. The highest BCUT2D eigenvalue weighted by molar-refractivity contribution is 6.84. The maximum atomic E-state index is 13.3. The summed E-state index contributed by atoms with van der Waals surface area (Å²) in [7, 11) is 7.06. The summed E-state index contributed by atoms with van der Waals surface area (Å²) < 4.78 is 0. The number of guanidine groups is 2. The Morgan fingerprint density at radius 1 is 0.958 bits per heavy atom. The van der Waals surface area contributed by atoms with E-state index in [0.717, 1.165) is 31.2 Å². The first-order chi connectivity index (χ1) is 22.7. The van der Waals surface area contributed by atoms with Crippen LogP contribution in [0.25, 0.3) is 0 Å². The van der Waals surface area contributed by atoms with E-state index in [1.165, 1.54) is 10.5 Å². The number of benzene rings is 1. The maximum absolute atomic E-state index is 13.3. The number of aliphatic hydroxyl groups excluding tert-OH is 1. The number of hydrogen-bond acceptors (Lipinski definition) is 9. The number of carbonyl (C=O) groups excluding carboxylic acids is 2. The molecule has 0 spiro atoms. The van der Waals surface area contributed by atoms with Gasteiger partial charge in [0, 0.05) is 27.2 Å². The van der Waals surface area contributed by atoms with Crippen molar-refractivity contribution >= 4 is 52.2 Å². The van der Waals surface area contributed by atoms with E-state index in [2.05, 4.69) is 55.2 Å². The minimum absolute atomic E-state index is 0.0331. The Labute approximate surface area is 287 Å². The molecular formula is C31H50ClN13O3. The number of carbonyl (C=O) groups is 2. The van der Waals surface area contributed by atoms with Crippen molar-refractivity contribution in [2.75, 3.05) is 41.3 Å². The molecule has 0 aromatic heterocycles. The van der Waals surface area contributed by atoms with Gasteiger partial charge in [0.1, 0.15) is 6.04 Å². The fraction of sp³-hybridized carbons (Fsp3) is 0.516. The van der Waals surface area contributed by atoms with E-state index in [0.29, 0.717) is 38.8 Å². The van der Waals surface area contributed by atoms with Crippen LogP contribution in [0.15, 0.2) is 50.8 Å². The number of nitrogens with zero attached hydrogens (tertiary/aromatic N) is 5. The van der Waals surface area contributed by atoms with Crippen LogP contribution in [0, 0.1) is 10.8 Å². The van der Waals surface area contributed by atoms with E-state index >= 15 is 0 Å². The number of nitrogens with one attached hydrogen (secondary N) is 5. The third kappa shape index (κ3) is 13.6. The quantitative estimate of drug-likeness (QED) is 0.0455. The number of aliphatic imine (C=N–C) groups is 3. The zero-order valence-electron chi connectivity index (χ0n) is 28.1. The van der Waals surface area contributed by atoms with Gasteiger partial charge in [-0.3, -0.25) is 25.3 Å². The molecule has 17 heteroatoms. The predicted octanol–water partition coefficient (Wildman–Crippen LogP) is 0.715. The van der Waals surface area contributed by atoms with Gasteiger partial charge in [0.25, 0.3) is 0 Å². The lowest BCUT2D eigenvalue weighted by atomic mass is 10.0. The molecule has 0 saturated heterocycles. The average molecular weight is 688 g/mol. The third-order valence-electron chi connectivity index (χ3n) is 7.46. The van der Waals surface area contributed by atoms with E-state index in [-0.39, 0.29) is 46.3 Å². The van der Waals surface area contributed by atoms with Crippen molar-refractivity contribution in [2.45, 2.75) is 63.5 Å². The van der Waals surface area contributed by atoms with Crippen molar-refractivity contribution in [1.29, 1.82) is 10.8 Å². The number of hydrogen-bond donors (Lipinski definition) is 9. The van der Waals surface area contributed by atoms with Gasteiger partial charge in [-0.1, -0.05) is 35.9 Å². The van der Waals surface area contributed by atoms with Gasteiger partial charge in [-0.2, -0.15) is 4.99 Å². The van der Waals surface area contributed by atoms with Crippen LogP contribution in [0.4, 0.5) is 0 Å². The Morgan fingerprint density at radius 2 is 1.56 bits per heavy atom. The molecule has 264 valence electrons. The summed E-state index contributed by atoms with van der Waals surface area (Å²) in [6, 6.07) is 7.28. The SMILES string of the molecule is CN(C)C(=O)[C@H](CCCCNC(=N)N)NC(=O)[C@H](CCc1ccc(CCCCN/C(N)=N/C(O)=C2/N=C(Cl)C(N)=NC2=N)cc1)N(C)C. The van der Waals surface area contributed by atoms with Gasteiger partial charge in [-0.05, 0) is 76.6 Å². The summed E-state index contributed by atoms with van der Waals surface area (Å²) in [4.78, 5) is 40.8. The molecule has 1 aliphatic rings. The van der Waals surface area contributed by atoms with Crippen LogP contribution < -0.4 is 33.2 Å². The largest absolute Gasteiger partial charge is 0.492 e. The molecule has 0 saturated carbocycles. The van der Waals surface area contributed by atoms with E-state index in [4.69, 9.17) is 39.6 Å². The number of likely N-dealkylation sites (N-methyl/N-ethyl adjacent to an activating group) is 2. The molecule has 1 aromatic rings. The highest BCUT2D eigenvalue weighted by Gasteiger charge is 2.27. The van der Waals surface area contributed by atoms with Crippen LogP contribution >= 0.6 is 11.6 Å². The third-order valence-corrected chi connectivity index (χ3v) is 7.74. The van der Waals surface area contributed by atoms with Gasteiger partial charge in [0.2, 0.25) is 17.7 Å². The Bertz CT molecular complexity index is 1400. The Hall–Kier alpha value is -4.70. The molecule has 2 atom stereocenters. The molecule has 0 bridgehead atoms. The van der Waals surface area contributed by atoms with Gasteiger partial charge < -0.3 is 43.2 Å². The van der Waals surface area contributed by atoms with E-state index in [1.807, 2.05) is 19.0 Å². The molecule has 1 aliphatic heterocycles. The molecule has 1 aromatic carbocycles. The highest BCUT2D eigenvalue weighted by Crippen LogP contribution is 2.15. The van der Waals surface area contributed by atoms with Crippen molar-refractivity contribution in [3.8, 4) is 0 Å². The number of rotatable bonds is 18. The molecule has 0 fully saturated rings. The molecule has 48 heavy (non-hydrogen) atoms. The minimum atomic E-state index is -0.628. The number of halogens is 1. The molecule has 1 heterocycles. The molecule has 0 unspecified atom stereocenters. The number of unbranched alkanes of at least 4 members (excludes halogenated alkanes) is 2. The van der Waals surface area contributed by atoms with Crippen LogP contribution in [0.5, 0.6) is 0 Å². The Morgan fingerprint density at radius 3 is 2.17 bits per heavy atom. The number of aliphatic hydroxyl groups is 1. The zero-order chi connectivity index (χ0) is 35.8. The minimum Gasteiger partial charge on any atom is -0.492 e. The van der Waals surface area contributed by atoms with Crippen LogP contribution in [-0.2, 0) is 22.4 Å². The monoisotopic (exact) mass is 687 g/mol. The maximum Gasteiger partial charge on any atom is 0.244 e. The first kappa shape index (κ1) is 39.5. The second-order valence-corrected chi connectivity index (χ2v) is 12.1. The molecule has 0 aliphatic carbocycles. The van der Waals surface area contributed by atoms with Gasteiger partial charge in [-0.15, -0.1) is 0 Å². The van der Waals surface area contributed by atoms with Crippen molar-refractivity contribution in [3.05, 3.63) is 47.0 Å². The number of amidine groups is 2. The van der Waals surface area contributed by atoms with Gasteiger partial charge in [-0.25, -0.2) is 9.98 Å². The topological polar surface area (TPSA) is 260 Å².